The van der Waals surface area contributed by atoms with E-state index >= 15 is 0 Å². The number of carboxylic acid groups (broad SMARTS) is 1. The van der Waals surface area contributed by atoms with Crippen molar-refractivity contribution in [2.75, 3.05) is 0 Å². The van der Waals surface area contributed by atoms with E-state index in [4.69, 9.17) is 9.90 Å². The Kier molecular flexibility index (Phi) is 9.99. The second-order valence-corrected chi connectivity index (χ2v) is 7.57. The van der Waals surface area contributed by atoms with Crippen LogP contribution in [0.5, 0.6) is 0 Å². The zero-order valence-corrected chi connectivity index (χ0v) is 20.6. The molecule has 5 nitrogen and oxygen atoms in total. The number of nitrogens with zero attached hydrogens (tertiary/aromatic N) is 1. The molecule has 0 radical (unpaired) electrons. The molecular formula is C24H17F2N2NaO3S. The molecule has 4 rings (SSSR count). The molecule has 3 aromatic carbocycles. The van der Waals surface area contributed by atoms with Crippen LogP contribution < -0.4 is 34.9 Å². The monoisotopic (exact) mass is 474 g/mol. The minimum atomic E-state index is -0.833. The zero-order chi connectivity index (χ0) is 23.1. The number of hydrogen-bond acceptors (Lipinski definition) is 4. The van der Waals surface area contributed by atoms with Crippen molar-refractivity contribution in [2.24, 2.45) is 4.99 Å². The first-order valence-corrected chi connectivity index (χ1v) is 10.1. The van der Waals surface area contributed by atoms with Gasteiger partial charge in [-0.2, -0.15) is 18.2 Å². The van der Waals surface area contributed by atoms with Crippen LogP contribution >= 0.6 is 11.8 Å². The van der Waals surface area contributed by atoms with Gasteiger partial charge in [0.15, 0.2) is 5.17 Å². The van der Waals surface area contributed by atoms with Gasteiger partial charge < -0.3 is 10.4 Å². The third-order valence-corrected chi connectivity index (χ3v) is 4.90. The van der Waals surface area contributed by atoms with Crippen molar-refractivity contribution in [1.29, 1.82) is 0 Å². The van der Waals surface area contributed by atoms with Crippen LogP contribution in [0.4, 0.5) is 14.5 Å². The fourth-order valence-corrected chi connectivity index (χ4v) is 3.54. The number of aliphatic carboxylic acids is 1. The predicted octanol–water partition coefficient (Wildman–Crippen LogP) is 2.42. The molecule has 33 heavy (non-hydrogen) atoms. The van der Waals surface area contributed by atoms with Gasteiger partial charge in [0.25, 0.3) is 11.9 Å². The van der Waals surface area contributed by atoms with Crippen molar-refractivity contribution in [3.63, 3.8) is 0 Å². The summed E-state index contributed by atoms with van der Waals surface area (Å²) in [6, 6.07) is 20.5. The molecule has 3 aromatic rings. The molecular weight excluding hydrogens is 457 g/mol. The number of carbonyl (C=O) groups is 2. The number of hydrogen-bond donors (Lipinski definition) is 2. The van der Waals surface area contributed by atoms with Gasteiger partial charge in [-0.3, -0.25) is 14.6 Å². The summed E-state index contributed by atoms with van der Waals surface area (Å²) in [5.41, 5.74) is 2.68. The van der Waals surface area contributed by atoms with Gasteiger partial charge >= 0.3 is 29.6 Å². The zero-order valence-electron chi connectivity index (χ0n) is 17.8. The molecule has 2 N–H and O–H groups in total. The van der Waals surface area contributed by atoms with E-state index in [9.17, 15) is 13.6 Å². The van der Waals surface area contributed by atoms with Gasteiger partial charge in [-0.1, -0.05) is 24.3 Å². The van der Waals surface area contributed by atoms with E-state index in [0.29, 0.717) is 21.2 Å². The second-order valence-electron chi connectivity index (χ2n) is 6.54. The number of halogens is 2. The number of carboxylic acids is 1. The van der Waals surface area contributed by atoms with Crippen molar-refractivity contribution < 1.29 is 53.0 Å². The molecule has 1 fully saturated rings. The molecule has 0 atom stereocenters. The number of carbonyl (C=O) groups excluding carboxylic acids is 1. The van der Waals surface area contributed by atoms with E-state index in [0.717, 1.165) is 24.2 Å². The first kappa shape index (κ1) is 26.5. The second kappa shape index (κ2) is 12.5. The minimum absolute atomic E-state index is 0. The number of rotatable bonds is 3. The molecule has 1 aliphatic rings. The molecule has 0 bridgehead atoms. The summed E-state index contributed by atoms with van der Waals surface area (Å²) in [6.07, 6.45) is 1.75. The summed E-state index contributed by atoms with van der Waals surface area (Å²) in [4.78, 5) is 26.1. The average molecular weight is 474 g/mol. The molecule has 9 heteroatoms. The molecule has 162 valence electrons. The van der Waals surface area contributed by atoms with Crippen molar-refractivity contribution in [1.82, 2.24) is 5.32 Å². The fourth-order valence-electron chi connectivity index (χ4n) is 2.69. The largest absolute Gasteiger partial charge is 1.00 e. The Labute approximate surface area is 215 Å². The van der Waals surface area contributed by atoms with Gasteiger partial charge in [-0.05, 0) is 52.3 Å². The van der Waals surface area contributed by atoms with Crippen LogP contribution in [-0.4, -0.2) is 22.2 Å². The number of thioether (sulfide) groups is 1. The standard InChI is InChI=1S/C22H13F2N2OS.C2H4O2.Na/c23-17-11-16(12-18(24)13-17)15-8-6-14(7-9-15)10-20-21(27)26-22(28-20)25-19-4-2-1-3-5-19;1-2(3)4;/h2-13H,(H,25,26,27);1H3,(H,3,4);/q-1;;+1/b20-10+;;. The summed E-state index contributed by atoms with van der Waals surface area (Å²) in [5, 5.41) is 10.7. The molecule has 1 amide bonds. The van der Waals surface area contributed by atoms with Gasteiger partial charge in [0.2, 0.25) is 0 Å². The van der Waals surface area contributed by atoms with E-state index in [1.165, 1.54) is 23.9 Å². The van der Waals surface area contributed by atoms with E-state index in [1.807, 2.05) is 0 Å². The van der Waals surface area contributed by atoms with Gasteiger partial charge in [-0.15, -0.1) is 12.1 Å². The predicted molar refractivity (Wildman–Crippen MR) is 121 cm³/mol. The Balaban J connectivity index is 0.000000714. The van der Waals surface area contributed by atoms with E-state index in [-0.39, 0.29) is 35.5 Å². The normalized spacial score (nSPS) is 14.8. The summed E-state index contributed by atoms with van der Waals surface area (Å²) in [7, 11) is 0. The Bertz CT molecular complexity index is 1180. The molecule has 0 saturated carbocycles. The topological polar surface area (TPSA) is 78.8 Å². The number of benzene rings is 3. The SMILES string of the molecule is CC(=O)O.O=C1NC(=Nc2cc[c-]cc2)S/C1=C/c1ccc(-c2cc(F)cc(F)c2)cc1.[Na+]. The Morgan fingerprint density at radius 1 is 1.03 bits per heavy atom. The van der Waals surface area contributed by atoms with E-state index in [1.54, 1.807) is 54.6 Å². The average Bonchev–Trinajstić information content (AvgIpc) is 3.07. The van der Waals surface area contributed by atoms with Crippen LogP contribution in [0.25, 0.3) is 17.2 Å². The molecule has 1 heterocycles. The summed E-state index contributed by atoms with van der Waals surface area (Å²) in [6.45, 7) is 1.08. The first-order valence-electron chi connectivity index (χ1n) is 9.32. The van der Waals surface area contributed by atoms with Crippen LogP contribution in [0.15, 0.2) is 76.6 Å². The van der Waals surface area contributed by atoms with Crippen LogP contribution in [-0.2, 0) is 9.59 Å². The molecule has 0 aliphatic carbocycles. The maximum absolute atomic E-state index is 13.4. The third kappa shape index (κ3) is 8.25. The summed E-state index contributed by atoms with van der Waals surface area (Å²) >= 11 is 1.25. The fraction of sp³-hybridized carbons (Fsp3) is 0.0417. The number of aliphatic imine (C=N–C) groups is 1. The maximum atomic E-state index is 13.4. The van der Waals surface area contributed by atoms with Crippen LogP contribution in [0.3, 0.4) is 0 Å². The summed E-state index contributed by atoms with van der Waals surface area (Å²) in [5.74, 6) is -2.30. The van der Waals surface area contributed by atoms with Crippen LogP contribution in [0, 0.1) is 17.7 Å². The van der Waals surface area contributed by atoms with Gasteiger partial charge in [0.1, 0.15) is 11.6 Å². The quantitative estimate of drug-likeness (QED) is 0.347. The molecule has 0 spiro atoms. The Morgan fingerprint density at radius 2 is 1.61 bits per heavy atom. The number of nitrogens with one attached hydrogen (secondary N) is 1. The van der Waals surface area contributed by atoms with Crippen LogP contribution in [0.2, 0.25) is 0 Å². The number of amides is 1. The smallest absolute Gasteiger partial charge is 0.481 e. The maximum Gasteiger partial charge on any atom is 1.00 e. The third-order valence-electron chi connectivity index (χ3n) is 3.99. The van der Waals surface area contributed by atoms with E-state index in [2.05, 4.69) is 16.4 Å². The Morgan fingerprint density at radius 3 is 2.18 bits per heavy atom. The molecule has 1 saturated heterocycles. The molecule has 0 aromatic heterocycles. The number of amidine groups is 1. The first-order chi connectivity index (χ1) is 15.3. The molecule has 0 unspecified atom stereocenters. The van der Waals surface area contributed by atoms with Crippen molar-refractivity contribution >= 4 is 40.6 Å². The molecule has 1 aliphatic heterocycles. The van der Waals surface area contributed by atoms with Gasteiger partial charge in [-0.25, -0.2) is 8.78 Å². The van der Waals surface area contributed by atoms with Crippen LogP contribution in [0.1, 0.15) is 12.5 Å². The van der Waals surface area contributed by atoms with Gasteiger partial charge in [0.05, 0.1) is 4.91 Å². The van der Waals surface area contributed by atoms with Crippen molar-refractivity contribution in [3.8, 4) is 11.1 Å². The minimum Gasteiger partial charge on any atom is -0.481 e. The van der Waals surface area contributed by atoms with Crippen molar-refractivity contribution in [3.05, 3.63) is 94.9 Å². The van der Waals surface area contributed by atoms with Gasteiger partial charge in [0, 0.05) is 13.0 Å². The summed E-state index contributed by atoms with van der Waals surface area (Å²) < 4.78 is 26.8. The van der Waals surface area contributed by atoms with E-state index < -0.39 is 17.6 Å². The van der Waals surface area contributed by atoms with Crippen molar-refractivity contribution in [2.45, 2.75) is 6.92 Å². The Hall–Kier alpha value is -2.78.